The minimum absolute atomic E-state index is 0.0236. The maximum absolute atomic E-state index is 13.6. The van der Waals surface area contributed by atoms with E-state index < -0.39 is 11.4 Å². The van der Waals surface area contributed by atoms with Crippen LogP contribution >= 0.6 is 0 Å². The van der Waals surface area contributed by atoms with Gasteiger partial charge in [-0.05, 0) is 76.2 Å². The molecule has 3 fully saturated rings. The number of carboxylic acids is 1. The molecule has 40 heavy (non-hydrogen) atoms. The van der Waals surface area contributed by atoms with Crippen LogP contribution in [-0.4, -0.2) is 48.7 Å². The number of unbranched alkanes of at least 4 members (excludes halogenated alkanes) is 3. The molecule has 9 nitrogen and oxygen atoms in total. The van der Waals surface area contributed by atoms with E-state index >= 15 is 0 Å². The Morgan fingerprint density at radius 1 is 1.07 bits per heavy atom. The van der Waals surface area contributed by atoms with E-state index in [2.05, 4.69) is 23.6 Å². The molecule has 0 aliphatic heterocycles. The minimum atomic E-state index is -0.809. The second-order valence-electron chi connectivity index (χ2n) is 12.1. The zero-order valence-electron chi connectivity index (χ0n) is 24.0. The average Bonchev–Trinajstić information content (AvgIpc) is 3.56. The molecule has 1 aromatic rings. The van der Waals surface area contributed by atoms with E-state index in [9.17, 15) is 24.8 Å². The van der Waals surface area contributed by atoms with Gasteiger partial charge < -0.3 is 25.2 Å². The van der Waals surface area contributed by atoms with Crippen LogP contribution in [0.15, 0.2) is 12.1 Å². The molecular formula is C31H43N3O6. The zero-order chi connectivity index (χ0) is 28.9. The van der Waals surface area contributed by atoms with Crippen LogP contribution < -0.4 is 20.1 Å². The van der Waals surface area contributed by atoms with Crippen LogP contribution in [0.1, 0.15) is 100 Å². The molecule has 1 aromatic carbocycles. The summed E-state index contributed by atoms with van der Waals surface area (Å²) < 4.78 is 11.7. The van der Waals surface area contributed by atoms with Gasteiger partial charge >= 0.3 is 5.97 Å². The van der Waals surface area contributed by atoms with Gasteiger partial charge in [-0.15, -0.1) is 0 Å². The maximum Gasteiger partial charge on any atom is 0.309 e. The fourth-order valence-electron chi connectivity index (χ4n) is 6.82. The highest BCUT2D eigenvalue weighted by Gasteiger charge is 2.51. The molecule has 0 saturated heterocycles. The number of nitriles is 1. The summed E-state index contributed by atoms with van der Waals surface area (Å²) >= 11 is 0. The van der Waals surface area contributed by atoms with Crippen molar-refractivity contribution in [3.05, 3.63) is 23.3 Å². The molecule has 4 atom stereocenters. The van der Waals surface area contributed by atoms with Crippen molar-refractivity contribution < 1.29 is 29.0 Å². The number of carbonyl (C=O) groups excluding carboxylic acids is 2. The second kappa shape index (κ2) is 12.9. The first-order chi connectivity index (χ1) is 19.2. The minimum Gasteiger partial charge on any atom is -0.496 e. The molecule has 3 aliphatic carbocycles. The molecule has 3 aliphatic rings. The smallest absolute Gasteiger partial charge is 0.309 e. The molecule has 0 radical (unpaired) electrons. The number of ether oxygens (including phenoxy) is 2. The Labute approximate surface area is 237 Å². The first-order valence-electron chi connectivity index (χ1n) is 14.8. The number of nitrogens with zero attached hydrogens (tertiary/aromatic N) is 1. The van der Waals surface area contributed by atoms with Gasteiger partial charge in [0.15, 0.2) is 0 Å². The summed E-state index contributed by atoms with van der Waals surface area (Å²) in [6.07, 6.45) is 9.08. The lowest BCUT2D eigenvalue weighted by molar-refractivity contribution is -0.150. The van der Waals surface area contributed by atoms with E-state index in [1.165, 1.54) is 13.2 Å². The predicted octanol–water partition coefficient (Wildman–Crippen LogP) is 4.82. The molecule has 9 heteroatoms. The van der Waals surface area contributed by atoms with Crippen molar-refractivity contribution in [3.8, 4) is 17.6 Å². The number of fused-ring (bicyclic) bond motifs is 2. The maximum atomic E-state index is 13.6. The SMILES string of the molecule is CCCCCCNC(=O)[C@H]1[C@@H]2CC[C@@H](C2)[C@H]1NC(=O)c1cc(O[C@H]2CC[C@@](C)(C(=O)O)CC2)c(C#N)cc1OC. The Hall–Kier alpha value is -3.28. The normalized spacial score (nSPS) is 28.9. The van der Waals surface area contributed by atoms with Crippen LogP contribution in [0.4, 0.5) is 0 Å². The lowest BCUT2D eigenvalue weighted by Crippen LogP contribution is -2.50. The van der Waals surface area contributed by atoms with Crippen molar-refractivity contribution in [2.24, 2.45) is 23.2 Å². The van der Waals surface area contributed by atoms with Gasteiger partial charge in [-0.1, -0.05) is 26.2 Å². The Balaban J connectivity index is 1.47. The van der Waals surface area contributed by atoms with Gasteiger partial charge in [-0.3, -0.25) is 14.4 Å². The molecule has 0 heterocycles. The number of amides is 2. The van der Waals surface area contributed by atoms with E-state index in [-0.39, 0.29) is 64.3 Å². The van der Waals surface area contributed by atoms with E-state index in [0.717, 1.165) is 44.9 Å². The number of carboxylic acid groups (broad SMARTS) is 1. The summed E-state index contributed by atoms with van der Waals surface area (Å²) in [5, 5.41) is 25.5. The summed E-state index contributed by atoms with van der Waals surface area (Å²) in [5.74, 6) is -0.306. The van der Waals surface area contributed by atoms with Crippen molar-refractivity contribution in [2.75, 3.05) is 13.7 Å². The van der Waals surface area contributed by atoms with Gasteiger partial charge in [0.05, 0.1) is 35.7 Å². The van der Waals surface area contributed by atoms with Crippen molar-refractivity contribution in [2.45, 2.75) is 96.6 Å². The Bertz CT molecular complexity index is 1140. The van der Waals surface area contributed by atoms with Gasteiger partial charge in [-0.25, -0.2) is 0 Å². The summed E-state index contributed by atoms with van der Waals surface area (Å²) in [6, 6.07) is 4.93. The number of methoxy groups -OCH3 is 1. The highest BCUT2D eigenvalue weighted by atomic mass is 16.5. The third-order valence-electron chi connectivity index (χ3n) is 9.36. The fourth-order valence-corrected chi connectivity index (χ4v) is 6.82. The van der Waals surface area contributed by atoms with Crippen LogP contribution in [0.25, 0.3) is 0 Å². The van der Waals surface area contributed by atoms with Crippen molar-refractivity contribution in [3.63, 3.8) is 0 Å². The van der Waals surface area contributed by atoms with Gasteiger partial charge in [0, 0.05) is 18.7 Å². The Kier molecular flexibility index (Phi) is 9.60. The largest absolute Gasteiger partial charge is 0.496 e. The monoisotopic (exact) mass is 553 g/mol. The molecule has 4 rings (SSSR count). The Morgan fingerprint density at radius 3 is 2.45 bits per heavy atom. The summed E-state index contributed by atoms with van der Waals surface area (Å²) in [6.45, 7) is 4.56. The number of nitrogens with one attached hydrogen (secondary N) is 2. The Morgan fingerprint density at radius 2 is 1.80 bits per heavy atom. The van der Waals surface area contributed by atoms with Gasteiger partial charge in [0.1, 0.15) is 17.6 Å². The van der Waals surface area contributed by atoms with Gasteiger partial charge in [0.25, 0.3) is 5.91 Å². The van der Waals surface area contributed by atoms with Gasteiger partial charge in [-0.2, -0.15) is 5.26 Å². The topological polar surface area (TPSA) is 138 Å². The number of benzene rings is 1. The van der Waals surface area contributed by atoms with Crippen LogP contribution in [0.3, 0.4) is 0 Å². The first kappa shape index (κ1) is 29.7. The van der Waals surface area contributed by atoms with Crippen LogP contribution in [0.2, 0.25) is 0 Å². The molecule has 3 saturated carbocycles. The third kappa shape index (κ3) is 6.37. The van der Waals surface area contributed by atoms with Crippen LogP contribution in [-0.2, 0) is 9.59 Å². The fraction of sp³-hybridized carbons (Fsp3) is 0.677. The molecular weight excluding hydrogens is 510 g/mol. The number of hydrogen-bond acceptors (Lipinski definition) is 6. The first-order valence-corrected chi connectivity index (χ1v) is 14.8. The highest BCUT2D eigenvalue weighted by Crippen LogP contribution is 2.49. The molecule has 0 spiro atoms. The average molecular weight is 554 g/mol. The third-order valence-corrected chi connectivity index (χ3v) is 9.36. The molecule has 218 valence electrons. The summed E-state index contributed by atoms with van der Waals surface area (Å²) in [7, 11) is 1.45. The van der Waals surface area contributed by atoms with Crippen LogP contribution in [0.5, 0.6) is 11.5 Å². The highest BCUT2D eigenvalue weighted by molar-refractivity contribution is 5.98. The molecule has 0 aromatic heterocycles. The predicted molar refractivity (Wildman–Crippen MR) is 149 cm³/mol. The van der Waals surface area contributed by atoms with E-state index in [0.29, 0.717) is 32.2 Å². The summed E-state index contributed by atoms with van der Waals surface area (Å²) in [4.78, 5) is 38.4. The van der Waals surface area contributed by atoms with Gasteiger partial charge in [0.2, 0.25) is 5.91 Å². The van der Waals surface area contributed by atoms with E-state index in [4.69, 9.17) is 9.47 Å². The van der Waals surface area contributed by atoms with Crippen molar-refractivity contribution >= 4 is 17.8 Å². The zero-order valence-corrected chi connectivity index (χ0v) is 24.0. The lowest BCUT2D eigenvalue weighted by Gasteiger charge is -2.34. The number of hydrogen-bond donors (Lipinski definition) is 3. The molecule has 3 N–H and O–H groups in total. The number of aliphatic carboxylic acids is 1. The lowest BCUT2D eigenvalue weighted by atomic mass is 9.75. The molecule has 2 amide bonds. The molecule has 2 bridgehead atoms. The number of rotatable bonds is 12. The van der Waals surface area contributed by atoms with Crippen LogP contribution in [0, 0.1) is 34.5 Å². The molecule has 0 unspecified atom stereocenters. The second-order valence-corrected chi connectivity index (χ2v) is 12.1. The van der Waals surface area contributed by atoms with E-state index in [1.807, 2.05) is 0 Å². The van der Waals surface area contributed by atoms with Crippen molar-refractivity contribution in [1.29, 1.82) is 5.26 Å². The standard InChI is InChI=1S/C31H43N3O6/c1-4-5-6-7-14-33-29(36)26-19-8-9-20(15-19)27(26)34-28(35)23-17-24(21(18-32)16-25(23)39-3)40-22-10-12-31(2,13-11-22)30(37)38/h16-17,19-20,22,26-27H,4-15H2,1-3H3,(H,33,36)(H,34,35)(H,37,38)/t19-,20+,22-,26+,27-,31+/m1/s1. The van der Waals surface area contributed by atoms with E-state index in [1.54, 1.807) is 13.0 Å². The quantitative estimate of drug-likeness (QED) is 0.316. The summed E-state index contributed by atoms with van der Waals surface area (Å²) in [5.41, 5.74) is -0.272. The number of carbonyl (C=O) groups is 3. The van der Waals surface area contributed by atoms with Crippen molar-refractivity contribution in [1.82, 2.24) is 10.6 Å².